The lowest BCUT2D eigenvalue weighted by Gasteiger charge is -2.34. The quantitative estimate of drug-likeness (QED) is 0.113. The number of fused-ring (bicyclic) bond motifs is 9. The second kappa shape index (κ2) is 17.0. The van der Waals surface area contributed by atoms with Gasteiger partial charge in [0.2, 0.25) is 0 Å². The molecule has 312 valence electrons. The van der Waals surface area contributed by atoms with Crippen LogP contribution < -0.4 is 5.32 Å². The number of hydrogen-bond acceptors (Lipinski definition) is 1. The van der Waals surface area contributed by atoms with E-state index >= 15 is 0 Å². The molecule has 12 rings (SSSR count). The highest BCUT2D eigenvalue weighted by Gasteiger charge is 2.46. The fourth-order valence-electron chi connectivity index (χ4n) is 10.6. The van der Waals surface area contributed by atoms with Gasteiger partial charge < -0.3 is 9.72 Å². The molecule has 2 aromatic heterocycles. The topological polar surface area (TPSA) is 16.4 Å². The van der Waals surface area contributed by atoms with Crippen molar-refractivity contribution in [2.45, 2.75) is 32.1 Å². The number of hydrogen-bond donors (Lipinski definition) is 1. The predicted octanol–water partition coefficient (Wildman–Crippen LogP) is 16.4. The summed E-state index contributed by atoms with van der Waals surface area (Å²) in [4.78, 5) is 0. The van der Waals surface area contributed by atoms with Crippen LogP contribution in [0.2, 0.25) is 0 Å². The molecule has 0 amide bonds. The SMILES string of the molecule is C1=Cc2c(n3c4ccc(C(/C=C\C=C\Nc5ccc(-c6ccccc6)cc5)=C/c5ccc6c(c5)C(c5ccccc5)(c5ccccc5)c5ccccc5-6)cc4c4cccc2c43)CC1.CC. The minimum absolute atomic E-state index is 0.462. The minimum Gasteiger partial charge on any atom is -0.362 e. The maximum absolute atomic E-state index is 3.48. The normalized spacial score (nSPS) is 13.9. The maximum atomic E-state index is 3.48. The molecule has 0 saturated carbocycles. The fourth-order valence-corrected chi connectivity index (χ4v) is 10.6. The van der Waals surface area contributed by atoms with Crippen molar-refractivity contribution in [3.05, 3.63) is 269 Å². The third kappa shape index (κ3) is 6.73. The van der Waals surface area contributed by atoms with Crippen LogP contribution in [-0.4, -0.2) is 4.40 Å². The van der Waals surface area contributed by atoms with Crippen LogP contribution >= 0.6 is 0 Å². The first-order valence-corrected chi connectivity index (χ1v) is 23.1. The summed E-state index contributed by atoms with van der Waals surface area (Å²) in [5, 5.41) is 7.43. The van der Waals surface area contributed by atoms with Crippen molar-refractivity contribution in [1.82, 2.24) is 4.40 Å². The standard InChI is InChI=1S/C61H44N2.C2H6/c1-4-17-43(18-5-1)44-31-34-49(35-32-44)62-38-15-14-19-45(46-33-37-59-55(41-46)54-27-16-26-53-52-25-11-13-29-58(52)63(59)60(53)54)39-42-30-36-51-50-24-10-12-28-56(50)61(57(51)40-42,47-20-6-2-7-21-47)48-22-8-3-9-23-48;1-2/h1-12,14-28,30-41,62H,13,29H2;1-2H3/b19-14-,38-15+,45-39+;. The zero-order chi connectivity index (χ0) is 43.7. The molecular formula is C63H50N2. The van der Waals surface area contributed by atoms with Gasteiger partial charge in [0.1, 0.15) is 0 Å². The lowest BCUT2D eigenvalue weighted by atomic mass is 9.67. The molecule has 0 aliphatic heterocycles. The van der Waals surface area contributed by atoms with Crippen LogP contribution in [0.1, 0.15) is 64.9 Å². The molecule has 2 heteroatoms. The minimum atomic E-state index is -0.462. The lowest BCUT2D eigenvalue weighted by Crippen LogP contribution is -2.28. The average molecular weight is 835 g/mol. The highest BCUT2D eigenvalue weighted by atomic mass is 14.9. The predicted molar refractivity (Wildman–Crippen MR) is 278 cm³/mol. The molecule has 2 aliphatic rings. The number of allylic oxidation sites excluding steroid dienone is 5. The van der Waals surface area contributed by atoms with Crippen LogP contribution in [0.25, 0.3) is 67.2 Å². The zero-order valence-corrected chi connectivity index (χ0v) is 36.9. The molecular weight excluding hydrogens is 785 g/mol. The van der Waals surface area contributed by atoms with Gasteiger partial charge in [-0.2, -0.15) is 0 Å². The molecule has 8 aromatic carbocycles. The molecule has 0 saturated heterocycles. The molecule has 0 bridgehead atoms. The van der Waals surface area contributed by atoms with Crippen molar-refractivity contribution < 1.29 is 0 Å². The van der Waals surface area contributed by atoms with Gasteiger partial charge in [-0.1, -0.05) is 202 Å². The van der Waals surface area contributed by atoms with Crippen LogP contribution in [0, 0.1) is 0 Å². The Kier molecular flexibility index (Phi) is 10.4. The number of benzene rings is 8. The number of nitrogens with zero attached hydrogens (tertiary/aromatic N) is 1. The molecule has 0 fully saturated rings. The van der Waals surface area contributed by atoms with Gasteiger partial charge >= 0.3 is 0 Å². The van der Waals surface area contributed by atoms with Gasteiger partial charge in [0.05, 0.1) is 16.4 Å². The van der Waals surface area contributed by atoms with Crippen LogP contribution in [-0.2, 0) is 11.8 Å². The number of rotatable bonds is 9. The Morgan fingerprint density at radius 2 is 1.25 bits per heavy atom. The van der Waals surface area contributed by atoms with Gasteiger partial charge in [0.15, 0.2) is 0 Å². The van der Waals surface area contributed by atoms with E-state index in [9.17, 15) is 0 Å². The molecule has 2 nitrogen and oxygen atoms in total. The van der Waals surface area contributed by atoms with Crippen molar-refractivity contribution in [2.75, 3.05) is 5.32 Å². The first-order chi connectivity index (χ1) is 32.3. The first kappa shape index (κ1) is 39.9. The van der Waals surface area contributed by atoms with Crippen LogP contribution in [0.15, 0.2) is 225 Å². The Morgan fingerprint density at radius 1 is 0.569 bits per heavy atom. The van der Waals surface area contributed by atoms with E-state index in [4.69, 9.17) is 0 Å². The zero-order valence-electron chi connectivity index (χ0n) is 36.9. The average Bonchev–Trinajstić information content (AvgIpc) is 4.01. The number of anilines is 1. The Morgan fingerprint density at radius 3 is 2.02 bits per heavy atom. The number of aryl methyl sites for hydroxylation is 1. The molecule has 1 N–H and O–H groups in total. The Labute approximate surface area is 382 Å². The highest BCUT2D eigenvalue weighted by Crippen LogP contribution is 2.56. The van der Waals surface area contributed by atoms with E-state index in [0.717, 1.165) is 29.7 Å². The van der Waals surface area contributed by atoms with Crippen molar-refractivity contribution in [3.8, 4) is 22.3 Å². The van der Waals surface area contributed by atoms with Crippen molar-refractivity contribution in [1.29, 1.82) is 0 Å². The Bertz CT molecular complexity index is 3400. The Balaban J connectivity index is 0.00000231. The monoisotopic (exact) mass is 834 g/mol. The van der Waals surface area contributed by atoms with Crippen LogP contribution in [0.3, 0.4) is 0 Å². The van der Waals surface area contributed by atoms with Crippen LogP contribution in [0.5, 0.6) is 0 Å². The van der Waals surface area contributed by atoms with Gasteiger partial charge in [-0.25, -0.2) is 0 Å². The highest BCUT2D eigenvalue weighted by molar-refractivity contribution is 6.17. The molecule has 0 unspecified atom stereocenters. The second-order valence-electron chi connectivity index (χ2n) is 16.8. The summed E-state index contributed by atoms with van der Waals surface area (Å²) < 4.78 is 2.54. The van der Waals surface area contributed by atoms with Crippen molar-refractivity contribution in [2.24, 2.45) is 0 Å². The van der Waals surface area contributed by atoms with E-state index in [1.807, 2.05) is 20.0 Å². The number of nitrogens with one attached hydrogen (secondary N) is 1. The molecule has 65 heavy (non-hydrogen) atoms. The molecule has 0 radical (unpaired) electrons. The molecule has 0 atom stereocenters. The smallest absolute Gasteiger partial charge is 0.0713 e. The van der Waals surface area contributed by atoms with Gasteiger partial charge in [-0.05, 0) is 117 Å². The van der Waals surface area contributed by atoms with E-state index in [0.29, 0.717) is 0 Å². The molecule has 10 aromatic rings. The van der Waals surface area contributed by atoms with Gasteiger partial charge in [0.25, 0.3) is 0 Å². The van der Waals surface area contributed by atoms with Crippen LogP contribution in [0.4, 0.5) is 5.69 Å². The summed E-state index contributed by atoms with van der Waals surface area (Å²) in [6, 6.07) is 71.2. The maximum Gasteiger partial charge on any atom is 0.0713 e. The van der Waals surface area contributed by atoms with E-state index in [1.54, 1.807) is 0 Å². The fraction of sp³-hybridized carbons (Fsp3) is 0.0794. The summed E-state index contributed by atoms with van der Waals surface area (Å²) in [5.74, 6) is 0. The summed E-state index contributed by atoms with van der Waals surface area (Å²) >= 11 is 0. The lowest BCUT2D eigenvalue weighted by molar-refractivity contribution is 0.768. The van der Waals surface area contributed by atoms with E-state index in [-0.39, 0.29) is 0 Å². The van der Waals surface area contributed by atoms with Crippen molar-refractivity contribution >= 4 is 50.6 Å². The molecule has 0 spiro atoms. The third-order valence-corrected chi connectivity index (χ3v) is 13.4. The largest absolute Gasteiger partial charge is 0.362 e. The van der Waals surface area contributed by atoms with E-state index in [2.05, 4.69) is 240 Å². The van der Waals surface area contributed by atoms with E-state index in [1.165, 1.54) is 88.5 Å². The van der Waals surface area contributed by atoms with E-state index < -0.39 is 5.41 Å². The number of para-hydroxylation sites is 1. The summed E-state index contributed by atoms with van der Waals surface area (Å²) in [5.41, 5.74) is 19.6. The van der Waals surface area contributed by atoms with Gasteiger partial charge in [-0.3, -0.25) is 0 Å². The Hall–Kier alpha value is -7.94. The number of aromatic nitrogens is 1. The van der Waals surface area contributed by atoms with Gasteiger partial charge in [-0.15, -0.1) is 0 Å². The van der Waals surface area contributed by atoms with Gasteiger partial charge in [0, 0.05) is 39.3 Å². The van der Waals surface area contributed by atoms with Crippen molar-refractivity contribution in [3.63, 3.8) is 0 Å². The summed E-state index contributed by atoms with van der Waals surface area (Å²) in [7, 11) is 0. The first-order valence-electron chi connectivity index (χ1n) is 23.1. The third-order valence-electron chi connectivity index (χ3n) is 13.4. The second-order valence-corrected chi connectivity index (χ2v) is 16.8. The molecule has 2 aliphatic carbocycles. The summed E-state index contributed by atoms with van der Waals surface area (Å²) in [6.07, 6.45) is 17.7. The summed E-state index contributed by atoms with van der Waals surface area (Å²) in [6.45, 7) is 4.00. The molecule has 2 heterocycles.